The van der Waals surface area contributed by atoms with Gasteiger partial charge in [-0.2, -0.15) is 0 Å². The van der Waals surface area contributed by atoms with Gasteiger partial charge in [-0.3, -0.25) is 9.59 Å². The third-order valence-electron chi connectivity index (χ3n) is 2.32. The molecule has 0 aliphatic heterocycles. The number of hydrogen-bond donors (Lipinski definition) is 0. The number of rotatable bonds is 6. The topological polar surface area (TPSA) is 43.4 Å². The third kappa shape index (κ3) is 4.81. The Bertz CT molecular complexity index is 379. The summed E-state index contributed by atoms with van der Waals surface area (Å²) in [5.74, 6) is -0.130. The van der Waals surface area contributed by atoms with Crippen molar-refractivity contribution >= 4 is 11.8 Å². The number of esters is 1. The van der Waals surface area contributed by atoms with Gasteiger partial charge in [0, 0.05) is 25.3 Å². The van der Waals surface area contributed by atoms with Crippen molar-refractivity contribution in [3.8, 4) is 0 Å². The van der Waals surface area contributed by atoms with Crippen molar-refractivity contribution < 1.29 is 14.3 Å². The Kier molecular flexibility index (Phi) is 5.40. The molecule has 0 saturated heterocycles. The fourth-order valence-corrected chi connectivity index (χ4v) is 1.43. The molecule has 1 aromatic carbocycles. The number of benzene rings is 1. The van der Waals surface area contributed by atoms with Gasteiger partial charge in [0.05, 0.1) is 6.61 Å². The van der Waals surface area contributed by atoms with Crippen LogP contribution in [0.3, 0.4) is 0 Å². The highest BCUT2D eigenvalue weighted by molar-refractivity contribution is 5.96. The fourth-order valence-electron chi connectivity index (χ4n) is 1.43. The molecule has 3 nitrogen and oxygen atoms in total. The fraction of sp³-hybridized carbons (Fsp3) is 0.357. The van der Waals surface area contributed by atoms with Gasteiger partial charge in [-0.25, -0.2) is 0 Å². The van der Waals surface area contributed by atoms with Crippen molar-refractivity contribution in [1.29, 1.82) is 0 Å². The summed E-state index contributed by atoms with van der Waals surface area (Å²) in [4.78, 5) is 22.1. The highest BCUT2D eigenvalue weighted by atomic mass is 16.5. The molecular weight excluding hydrogens is 216 g/mol. The zero-order chi connectivity index (χ0) is 12.7. The number of Topliss-reactive ketones (excluding diaryl/α,β-unsaturated/α-hetero) is 1. The summed E-state index contributed by atoms with van der Waals surface area (Å²) in [6.45, 7) is 3.62. The molecule has 0 aliphatic carbocycles. The normalized spacial score (nSPS) is 10.0. The summed E-state index contributed by atoms with van der Waals surface area (Å²) in [7, 11) is 0. The van der Waals surface area contributed by atoms with Crippen LogP contribution in [0.5, 0.6) is 0 Å². The molecule has 0 atom stereocenters. The number of carbonyl (C=O) groups is 2. The van der Waals surface area contributed by atoms with Gasteiger partial charge in [0.1, 0.15) is 0 Å². The van der Waals surface area contributed by atoms with Gasteiger partial charge in [0.15, 0.2) is 5.78 Å². The molecule has 0 unspecified atom stereocenters. The van der Waals surface area contributed by atoms with Crippen LogP contribution in [-0.4, -0.2) is 18.4 Å². The van der Waals surface area contributed by atoms with E-state index in [2.05, 4.69) is 0 Å². The first-order valence-electron chi connectivity index (χ1n) is 5.73. The summed E-state index contributed by atoms with van der Waals surface area (Å²) in [6.07, 6.45) is 3.24. The van der Waals surface area contributed by atoms with Crippen LogP contribution in [0.25, 0.3) is 0 Å². The Labute approximate surface area is 102 Å². The molecule has 0 bridgehead atoms. The molecule has 91 valence electrons. The molecule has 0 N–H and O–H groups in total. The summed E-state index contributed by atoms with van der Waals surface area (Å²) in [5, 5.41) is 0. The Morgan fingerprint density at radius 2 is 1.88 bits per heavy atom. The molecule has 3 heteroatoms. The predicted octanol–water partition coefficient (Wildman–Crippen LogP) is 2.78. The molecule has 0 fully saturated rings. The molecule has 0 aliphatic rings. The Hall–Kier alpha value is -1.64. The monoisotopic (exact) mass is 233 g/mol. The van der Waals surface area contributed by atoms with Crippen molar-refractivity contribution in [3.05, 3.63) is 41.8 Å². The Morgan fingerprint density at radius 1 is 1.24 bits per heavy atom. The Balaban J connectivity index is 2.50. The van der Waals surface area contributed by atoms with Crippen molar-refractivity contribution in [3.63, 3.8) is 0 Å². The van der Waals surface area contributed by atoms with E-state index >= 15 is 0 Å². The first-order chi connectivity index (χ1) is 8.13. The van der Waals surface area contributed by atoms with Crippen molar-refractivity contribution in [2.75, 3.05) is 6.61 Å². The van der Waals surface area contributed by atoms with Crippen molar-refractivity contribution in [1.82, 2.24) is 0 Å². The van der Waals surface area contributed by atoms with Crippen molar-refractivity contribution in [2.24, 2.45) is 0 Å². The number of hydrogen-bond acceptors (Lipinski definition) is 3. The molecule has 0 spiro atoms. The van der Waals surface area contributed by atoms with E-state index in [1.807, 2.05) is 19.1 Å². The maximum Gasteiger partial charge on any atom is 0.302 e. The SMILES string of the molecule is CCCC(=O)c1ccc([CH]COC(C)=O)cc1. The summed E-state index contributed by atoms with van der Waals surface area (Å²) in [6, 6.07) is 7.31. The molecule has 1 aromatic rings. The standard InChI is InChI=1S/C14H17O3/c1-3-4-14(16)13-7-5-12(6-8-13)9-10-17-11(2)15/h5-9H,3-4,10H2,1-2H3. The van der Waals surface area contributed by atoms with Gasteiger partial charge < -0.3 is 4.74 Å². The van der Waals surface area contributed by atoms with Crippen LogP contribution < -0.4 is 0 Å². The number of carbonyl (C=O) groups excluding carboxylic acids is 2. The van der Waals surface area contributed by atoms with E-state index in [9.17, 15) is 9.59 Å². The molecule has 1 rings (SSSR count). The van der Waals surface area contributed by atoms with Gasteiger partial charge >= 0.3 is 5.97 Å². The first kappa shape index (κ1) is 13.4. The van der Waals surface area contributed by atoms with Crippen molar-refractivity contribution in [2.45, 2.75) is 26.7 Å². The molecule has 0 aromatic heterocycles. The quantitative estimate of drug-likeness (QED) is 0.560. The maximum atomic E-state index is 11.6. The van der Waals surface area contributed by atoms with Crippen LogP contribution in [0.15, 0.2) is 24.3 Å². The van der Waals surface area contributed by atoms with Gasteiger partial charge in [-0.1, -0.05) is 31.2 Å². The zero-order valence-electron chi connectivity index (χ0n) is 10.2. The minimum absolute atomic E-state index is 0.166. The third-order valence-corrected chi connectivity index (χ3v) is 2.32. The van der Waals surface area contributed by atoms with E-state index in [0.717, 1.165) is 17.5 Å². The minimum Gasteiger partial charge on any atom is -0.465 e. The lowest BCUT2D eigenvalue weighted by Crippen LogP contribution is -2.02. The summed E-state index contributed by atoms with van der Waals surface area (Å²) >= 11 is 0. The lowest BCUT2D eigenvalue weighted by Gasteiger charge is -2.03. The molecule has 17 heavy (non-hydrogen) atoms. The molecule has 0 saturated carbocycles. The lowest BCUT2D eigenvalue weighted by molar-refractivity contribution is -0.139. The van der Waals surface area contributed by atoms with Gasteiger partial charge in [0.25, 0.3) is 0 Å². The summed E-state index contributed by atoms with van der Waals surface area (Å²) < 4.78 is 4.80. The second-order valence-electron chi connectivity index (χ2n) is 3.80. The summed E-state index contributed by atoms with van der Waals surface area (Å²) in [5.41, 5.74) is 1.68. The van der Waals surface area contributed by atoms with Gasteiger partial charge in [-0.15, -0.1) is 0 Å². The second-order valence-corrected chi connectivity index (χ2v) is 3.80. The van der Waals surface area contributed by atoms with E-state index in [0.29, 0.717) is 6.42 Å². The van der Waals surface area contributed by atoms with E-state index in [1.54, 1.807) is 18.6 Å². The van der Waals surface area contributed by atoms with Gasteiger partial charge in [-0.05, 0) is 12.0 Å². The Morgan fingerprint density at radius 3 is 2.41 bits per heavy atom. The maximum absolute atomic E-state index is 11.6. The molecule has 1 radical (unpaired) electrons. The first-order valence-corrected chi connectivity index (χ1v) is 5.73. The number of ketones is 1. The minimum atomic E-state index is -0.295. The molecule has 0 heterocycles. The number of ether oxygens (including phenoxy) is 1. The predicted molar refractivity (Wildman–Crippen MR) is 65.7 cm³/mol. The average Bonchev–Trinajstić information content (AvgIpc) is 2.30. The molecular formula is C14H17O3. The van der Waals surface area contributed by atoms with E-state index < -0.39 is 0 Å². The highest BCUT2D eigenvalue weighted by Gasteiger charge is 2.04. The van der Waals surface area contributed by atoms with E-state index in [1.165, 1.54) is 6.92 Å². The largest absolute Gasteiger partial charge is 0.465 e. The van der Waals surface area contributed by atoms with E-state index in [4.69, 9.17) is 4.74 Å². The highest BCUT2D eigenvalue weighted by Crippen LogP contribution is 2.09. The van der Waals surface area contributed by atoms with Crippen LogP contribution in [0.2, 0.25) is 0 Å². The van der Waals surface area contributed by atoms with Crippen LogP contribution in [-0.2, 0) is 9.53 Å². The van der Waals surface area contributed by atoms with Crippen LogP contribution >= 0.6 is 0 Å². The molecule has 0 amide bonds. The smallest absolute Gasteiger partial charge is 0.302 e. The van der Waals surface area contributed by atoms with Crippen LogP contribution in [0.4, 0.5) is 0 Å². The zero-order valence-corrected chi connectivity index (χ0v) is 10.2. The average molecular weight is 233 g/mol. The van der Waals surface area contributed by atoms with Crippen LogP contribution in [0, 0.1) is 6.42 Å². The lowest BCUT2D eigenvalue weighted by atomic mass is 10.0. The van der Waals surface area contributed by atoms with Gasteiger partial charge in [0.2, 0.25) is 0 Å². The van der Waals surface area contributed by atoms with E-state index in [-0.39, 0.29) is 18.4 Å². The van der Waals surface area contributed by atoms with Crippen LogP contribution in [0.1, 0.15) is 42.6 Å². The second kappa shape index (κ2) is 6.84.